The van der Waals surface area contributed by atoms with Gasteiger partial charge >= 0.3 is 13.2 Å². The van der Waals surface area contributed by atoms with E-state index >= 15 is 0 Å². The number of piperidine rings is 1. The van der Waals surface area contributed by atoms with Crippen LogP contribution in [0.2, 0.25) is 0 Å². The number of anilines is 1. The second kappa shape index (κ2) is 11.1. The molecule has 2 aliphatic rings. The highest BCUT2D eigenvalue weighted by molar-refractivity contribution is 6.61. The second-order valence-corrected chi connectivity index (χ2v) is 12.4. The van der Waals surface area contributed by atoms with Crippen molar-refractivity contribution in [3.63, 3.8) is 0 Å². The maximum atomic E-state index is 13.5. The van der Waals surface area contributed by atoms with Gasteiger partial charge in [-0.1, -0.05) is 13.8 Å². The van der Waals surface area contributed by atoms with Crippen LogP contribution in [0.15, 0.2) is 12.4 Å². The largest absolute Gasteiger partial charge is 0.498 e. The Morgan fingerprint density at radius 1 is 1.14 bits per heavy atom. The number of amides is 2. The zero-order valence-electron chi connectivity index (χ0n) is 23.9. The Hall–Kier alpha value is -2.40. The summed E-state index contributed by atoms with van der Waals surface area (Å²) in [5.74, 6) is 0.302. The number of carbonyl (C=O) groups is 2. The molecular weight excluding hydrogens is 473 g/mol. The average molecular weight is 517 g/mol. The van der Waals surface area contributed by atoms with Crippen molar-refractivity contribution in [2.75, 3.05) is 18.4 Å². The van der Waals surface area contributed by atoms with E-state index in [9.17, 15) is 9.59 Å². The molecule has 2 amide bonds. The van der Waals surface area contributed by atoms with E-state index in [0.717, 1.165) is 24.7 Å². The fourth-order valence-electron chi connectivity index (χ4n) is 4.37. The monoisotopic (exact) mass is 517 g/mol. The molecule has 11 heteroatoms. The lowest BCUT2D eigenvalue weighted by Gasteiger charge is -2.39. The van der Waals surface area contributed by atoms with Gasteiger partial charge in [0.15, 0.2) is 0 Å². The first-order valence-electron chi connectivity index (χ1n) is 13.3. The fourth-order valence-corrected chi connectivity index (χ4v) is 4.37. The van der Waals surface area contributed by atoms with Gasteiger partial charge in [-0.3, -0.25) is 4.79 Å². The van der Waals surface area contributed by atoms with Crippen molar-refractivity contribution in [2.24, 2.45) is 5.92 Å². The molecule has 2 N–H and O–H groups in total. The Balaban J connectivity index is 1.62. The van der Waals surface area contributed by atoms with Gasteiger partial charge in [0.05, 0.1) is 11.2 Å². The maximum absolute atomic E-state index is 13.5. The molecule has 3 heterocycles. The van der Waals surface area contributed by atoms with Crippen molar-refractivity contribution in [2.45, 2.75) is 110 Å². The van der Waals surface area contributed by atoms with Crippen LogP contribution in [0, 0.1) is 5.92 Å². The Kier molecular flexibility index (Phi) is 8.79. The van der Waals surface area contributed by atoms with Crippen molar-refractivity contribution in [1.29, 1.82) is 0 Å². The minimum atomic E-state index is -0.661. The van der Waals surface area contributed by atoms with E-state index in [-0.39, 0.29) is 17.9 Å². The van der Waals surface area contributed by atoms with Gasteiger partial charge in [0.1, 0.15) is 11.6 Å². The standard InChI is InChI=1S/C26H44BN5O5/c1-17(2)20(31-23(34)35-24(3,4)5)21(33)32-13-11-10-12-19(32)16-30-22-28-14-18(15-29-22)27-36-25(6,7)26(8,9)37-27/h14-15,17,19-20H,10-13,16H2,1-9H3,(H,31,34)(H,28,29,30)/t19-,20+/m0/s1. The first-order chi connectivity index (χ1) is 17.1. The highest BCUT2D eigenvalue weighted by Crippen LogP contribution is 2.36. The van der Waals surface area contributed by atoms with Crippen LogP contribution in [0.3, 0.4) is 0 Å². The van der Waals surface area contributed by atoms with Gasteiger partial charge in [0, 0.05) is 37.0 Å². The van der Waals surface area contributed by atoms with E-state index < -0.39 is 36.1 Å². The van der Waals surface area contributed by atoms with Gasteiger partial charge in [0.2, 0.25) is 11.9 Å². The number of rotatable bonds is 7. The summed E-state index contributed by atoms with van der Waals surface area (Å²) in [6.45, 7) is 18.4. The Bertz CT molecular complexity index is 932. The number of aromatic nitrogens is 2. The first-order valence-corrected chi connectivity index (χ1v) is 13.3. The number of hydrogen-bond donors (Lipinski definition) is 2. The summed E-state index contributed by atoms with van der Waals surface area (Å²) < 4.78 is 17.5. The molecule has 10 nitrogen and oxygen atoms in total. The molecule has 0 spiro atoms. The predicted molar refractivity (Wildman–Crippen MR) is 144 cm³/mol. The normalized spacial score (nSPS) is 22.1. The number of nitrogens with one attached hydrogen (secondary N) is 2. The molecule has 0 unspecified atom stereocenters. The van der Waals surface area contributed by atoms with E-state index in [1.165, 1.54) is 0 Å². The summed E-state index contributed by atoms with van der Waals surface area (Å²) in [4.78, 5) is 36.7. The molecule has 0 bridgehead atoms. The molecule has 2 fully saturated rings. The number of carbonyl (C=O) groups excluding carboxylic acids is 2. The zero-order valence-corrected chi connectivity index (χ0v) is 23.9. The minimum Gasteiger partial charge on any atom is -0.444 e. The maximum Gasteiger partial charge on any atom is 0.498 e. The predicted octanol–water partition coefficient (Wildman–Crippen LogP) is 3.12. The lowest BCUT2D eigenvalue weighted by Crippen LogP contribution is -2.57. The van der Waals surface area contributed by atoms with Crippen LogP contribution in [0.4, 0.5) is 10.7 Å². The summed E-state index contributed by atoms with van der Waals surface area (Å²) in [5, 5.41) is 6.07. The van der Waals surface area contributed by atoms with Crippen LogP contribution in [-0.4, -0.2) is 76.0 Å². The van der Waals surface area contributed by atoms with Gasteiger partial charge < -0.3 is 29.6 Å². The molecule has 2 saturated heterocycles. The number of ether oxygens (including phenoxy) is 1. The topological polar surface area (TPSA) is 115 Å². The summed E-state index contributed by atoms with van der Waals surface area (Å²) in [7, 11) is -0.518. The molecule has 2 atom stereocenters. The first kappa shape index (κ1) is 29.2. The molecule has 2 aliphatic heterocycles. The Labute approximate surface area is 221 Å². The van der Waals surface area contributed by atoms with E-state index in [1.54, 1.807) is 33.2 Å². The number of nitrogens with zero attached hydrogens (tertiary/aromatic N) is 3. The average Bonchev–Trinajstić information content (AvgIpc) is 3.01. The molecule has 0 aromatic carbocycles. The van der Waals surface area contributed by atoms with Crippen LogP contribution in [0.25, 0.3) is 0 Å². The minimum absolute atomic E-state index is 0.0330. The molecule has 1 aromatic heterocycles. The van der Waals surface area contributed by atoms with E-state index in [1.807, 2.05) is 46.4 Å². The van der Waals surface area contributed by atoms with Gasteiger partial charge in [-0.15, -0.1) is 0 Å². The summed E-state index contributed by atoms with van der Waals surface area (Å²) in [6, 6.07) is -0.694. The van der Waals surface area contributed by atoms with Crippen molar-refractivity contribution in [1.82, 2.24) is 20.2 Å². The van der Waals surface area contributed by atoms with Crippen molar-refractivity contribution in [3.8, 4) is 0 Å². The van der Waals surface area contributed by atoms with Crippen LogP contribution < -0.4 is 16.1 Å². The lowest BCUT2D eigenvalue weighted by atomic mass is 9.81. The summed E-state index contributed by atoms with van der Waals surface area (Å²) in [5.41, 5.74) is -0.744. The van der Waals surface area contributed by atoms with E-state index in [2.05, 4.69) is 20.6 Å². The molecule has 0 saturated carbocycles. The second-order valence-electron chi connectivity index (χ2n) is 12.4. The van der Waals surface area contributed by atoms with Crippen LogP contribution in [-0.2, 0) is 18.8 Å². The van der Waals surface area contributed by atoms with Crippen molar-refractivity contribution >= 4 is 30.5 Å². The van der Waals surface area contributed by atoms with Gasteiger partial charge in [-0.05, 0) is 73.6 Å². The van der Waals surface area contributed by atoms with Crippen molar-refractivity contribution in [3.05, 3.63) is 12.4 Å². The Morgan fingerprint density at radius 2 is 1.73 bits per heavy atom. The van der Waals surface area contributed by atoms with Crippen molar-refractivity contribution < 1.29 is 23.6 Å². The van der Waals surface area contributed by atoms with E-state index in [0.29, 0.717) is 19.0 Å². The summed E-state index contributed by atoms with van der Waals surface area (Å²) in [6.07, 6.45) is 5.66. The lowest BCUT2D eigenvalue weighted by molar-refractivity contribution is -0.138. The molecule has 1 aromatic rings. The van der Waals surface area contributed by atoms with Gasteiger partial charge in [0.25, 0.3) is 0 Å². The quantitative estimate of drug-likeness (QED) is 0.531. The third kappa shape index (κ3) is 7.34. The van der Waals surface area contributed by atoms with Gasteiger partial charge in [-0.2, -0.15) is 0 Å². The fraction of sp³-hybridized carbons (Fsp3) is 0.769. The molecule has 206 valence electrons. The molecular formula is C26H44BN5O5. The van der Waals surface area contributed by atoms with E-state index in [4.69, 9.17) is 14.0 Å². The third-order valence-corrected chi connectivity index (χ3v) is 7.21. The number of hydrogen-bond acceptors (Lipinski definition) is 8. The van der Waals surface area contributed by atoms with Gasteiger partial charge in [-0.25, -0.2) is 14.8 Å². The molecule has 3 rings (SSSR count). The molecule has 0 aliphatic carbocycles. The van der Waals surface area contributed by atoms with Crippen LogP contribution in [0.1, 0.15) is 81.6 Å². The number of likely N-dealkylation sites (tertiary alicyclic amines) is 1. The summed E-state index contributed by atoms with van der Waals surface area (Å²) >= 11 is 0. The highest BCUT2D eigenvalue weighted by atomic mass is 16.7. The Morgan fingerprint density at radius 3 is 2.27 bits per heavy atom. The molecule has 0 radical (unpaired) electrons. The third-order valence-electron chi connectivity index (χ3n) is 7.21. The SMILES string of the molecule is CC(C)[C@@H](NC(=O)OC(C)(C)C)C(=O)N1CCCC[C@H]1CNc1ncc(B2OC(C)(C)C(C)(C)O2)cn1. The van der Waals surface area contributed by atoms with Crippen LogP contribution in [0.5, 0.6) is 0 Å². The zero-order chi connectivity index (χ0) is 27.6. The highest BCUT2D eigenvalue weighted by Gasteiger charge is 2.52. The number of alkyl carbamates (subject to hydrolysis) is 1. The molecule has 37 heavy (non-hydrogen) atoms. The smallest absolute Gasteiger partial charge is 0.444 e. The van der Waals surface area contributed by atoms with Crippen LogP contribution >= 0.6 is 0 Å².